The van der Waals surface area contributed by atoms with Crippen molar-refractivity contribution in [3.8, 4) is 0 Å². The van der Waals surface area contributed by atoms with Gasteiger partial charge in [0.25, 0.3) is 5.91 Å². The van der Waals surface area contributed by atoms with Crippen molar-refractivity contribution in [1.82, 2.24) is 10.6 Å². The summed E-state index contributed by atoms with van der Waals surface area (Å²) in [4.78, 5) is 24.0. The summed E-state index contributed by atoms with van der Waals surface area (Å²) in [6.45, 7) is 1.99. The molecule has 7 nitrogen and oxygen atoms in total. The van der Waals surface area contributed by atoms with Gasteiger partial charge in [0.1, 0.15) is 0 Å². The lowest BCUT2D eigenvalue weighted by atomic mass is 10.1. The van der Waals surface area contributed by atoms with Gasteiger partial charge in [0, 0.05) is 23.0 Å². The summed E-state index contributed by atoms with van der Waals surface area (Å²) in [6.07, 6.45) is 0.127. The van der Waals surface area contributed by atoms with E-state index in [0.717, 1.165) is 10.0 Å². The molecule has 0 aliphatic carbocycles. The van der Waals surface area contributed by atoms with Crippen molar-refractivity contribution in [2.45, 2.75) is 24.3 Å². The van der Waals surface area contributed by atoms with Crippen LogP contribution >= 0.6 is 15.9 Å². The number of primary sulfonamides is 1. The first-order valence-corrected chi connectivity index (χ1v) is 10.5. The van der Waals surface area contributed by atoms with Gasteiger partial charge in [-0.15, -0.1) is 0 Å². The molecular formula is C18H20BrN3O4S. The molecule has 2 aromatic rings. The molecule has 1 atom stereocenters. The Morgan fingerprint density at radius 1 is 1.07 bits per heavy atom. The van der Waals surface area contributed by atoms with Gasteiger partial charge in [0.15, 0.2) is 0 Å². The predicted octanol–water partition coefficient (Wildman–Crippen LogP) is 2.09. The fourth-order valence-electron chi connectivity index (χ4n) is 2.34. The third-order valence-electron chi connectivity index (χ3n) is 3.83. The molecule has 0 radical (unpaired) electrons. The zero-order valence-corrected chi connectivity index (χ0v) is 17.0. The number of rotatable bonds is 7. The molecule has 144 valence electrons. The zero-order valence-electron chi connectivity index (χ0n) is 14.6. The van der Waals surface area contributed by atoms with Gasteiger partial charge >= 0.3 is 0 Å². The molecule has 0 aliphatic heterocycles. The molecule has 0 bridgehead atoms. The van der Waals surface area contributed by atoms with Crippen LogP contribution in [0.3, 0.4) is 0 Å². The van der Waals surface area contributed by atoms with Gasteiger partial charge in [-0.3, -0.25) is 9.59 Å². The Hall–Kier alpha value is -2.23. The van der Waals surface area contributed by atoms with Crippen molar-refractivity contribution < 1.29 is 18.0 Å². The second-order valence-electron chi connectivity index (χ2n) is 5.92. The molecule has 4 N–H and O–H groups in total. The van der Waals surface area contributed by atoms with Crippen LogP contribution in [0.1, 0.15) is 35.3 Å². The van der Waals surface area contributed by atoms with Crippen LogP contribution in [-0.2, 0) is 14.8 Å². The summed E-state index contributed by atoms with van der Waals surface area (Å²) < 4.78 is 23.4. The predicted molar refractivity (Wildman–Crippen MR) is 105 cm³/mol. The van der Waals surface area contributed by atoms with Gasteiger partial charge in [-0.05, 0) is 48.9 Å². The van der Waals surface area contributed by atoms with Gasteiger partial charge in [-0.1, -0.05) is 28.1 Å². The van der Waals surface area contributed by atoms with E-state index in [9.17, 15) is 18.0 Å². The number of carbonyl (C=O) groups excluding carboxylic acids is 2. The normalized spacial score (nSPS) is 12.3. The maximum atomic E-state index is 12.0. The summed E-state index contributed by atoms with van der Waals surface area (Å²) in [5.74, 6) is -0.476. The van der Waals surface area contributed by atoms with E-state index in [0.29, 0.717) is 5.56 Å². The Labute approximate surface area is 166 Å². The molecule has 9 heteroatoms. The van der Waals surface area contributed by atoms with Gasteiger partial charge in [-0.25, -0.2) is 13.6 Å². The van der Waals surface area contributed by atoms with Gasteiger partial charge in [0.2, 0.25) is 15.9 Å². The number of sulfonamides is 1. The van der Waals surface area contributed by atoms with Crippen LogP contribution in [0.2, 0.25) is 0 Å². The molecule has 0 unspecified atom stereocenters. The quantitative estimate of drug-likeness (QED) is 0.594. The number of hydrogen-bond donors (Lipinski definition) is 3. The number of carbonyl (C=O) groups is 2. The Morgan fingerprint density at radius 3 is 2.22 bits per heavy atom. The summed E-state index contributed by atoms with van der Waals surface area (Å²) in [5.41, 5.74) is 1.26. The monoisotopic (exact) mass is 453 g/mol. The summed E-state index contributed by atoms with van der Waals surface area (Å²) in [5, 5.41) is 10.5. The highest BCUT2D eigenvalue weighted by Crippen LogP contribution is 2.15. The zero-order chi connectivity index (χ0) is 20.0. The first-order valence-electron chi connectivity index (χ1n) is 8.12. The van der Waals surface area contributed by atoms with E-state index in [2.05, 4.69) is 26.6 Å². The molecule has 2 aromatic carbocycles. The van der Waals surface area contributed by atoms with Crippen LogP contribution in [0, 0.1) is 0 Å². The molecule has 0 saturated heterocycles. The highest BCUT2D eigenvalue weighted by Gasteiger charge is 2.12. The SMILES string of the molecule is C[C@H](NC(=O)CCNC(=O)c1ccc(Br)cc1)c1ccc(S(N)(=O)=O)cc1. The number of benzene rings is 2. The summed E-state index contributed by atoms with van der Waals surface area (Å²) in [7, 11) is -3.74. The molecule has 0 saturated carbocycles. The fourth-order valence-corrected chi connectivity index (χ4v) is 3.12. The second kappa shape index (κ2) is 9.12. The lowest BCUT2D eigenvalue weighted by Crippen LogP contribution is -2.32. The number of hydrogen-bond acceptors (Lipinski definition) is 4. The molecule has 2 amide bonds. The van der Waals surface area contributed by atoms with Crippen molar-refractivity contribution in [1.29, 1.82) is 0 Å². The summed E-state index contributed by atoms with van der Waals surface area (Å²) in [6, 6.07) is 12.6. The molecule has 0 heterocycles. The van der Waals surface area contributed by atoms with Crippen LogP contribution < -0.4 is 15.8 Å². The topological polar surface area (TPSA) is 118 Å². The lowest BCUT2D eigenvalue weighted by molar-refractivity contribution is -0.121. The van der Waals surface area contributed by atoms with Crippen molar-refractivity contribution in [3.63, 3.8) is 0 Å². The lowest BCUT2D eigenvalue weighted by Gasteiger charge is -2.15. The molecule has 0 spiro atoms. The molecule has 0 aliphatic rings. The fraction of sp³-hybridized carbons (Fsp3) is 0.222. The average Bonchev–Trinajstić information content (AvgIpc) is 2.61. The first kappa shape index (κ1) is 21.1. The van der Waals surface area contributed by atoms with Crippen LogP contribution in [0.25, 0.3) is 0 Å². The van der Waals surface area contributed by atoms with E-state index in [1.807, 2.05) is 0 Å². The molecule has 27 heavy (non-hydrogen) atoms. The second-order valence-corrected chi connectivity index (χ2v) is 8.39. The van der Waals surface area contributed by atoms with E-state index in [1.54, 1.807) is 43.3 Å². The molecular weight excluding hydrogens is 434 g/mol. The van der Waals surface area contributed by atoms with E-state index in [-0.39, 0.29) is 35.7 Å². The minimum absolute atomic E-state index is 0.0143. The maximum Gasteiger partial charge on any atom is 0.251 e. The number of nitrogens with two attached hydrogens (primary N) is 1. The maximum absolute atomic E-state index is 12.0. The smallest absolute Gasteiger partial charge is 0.251 e. The van der Waals surface area contributed by atoms with Gasteiger partial charge < -0.3 is 10.6 Å². The Balaban J connectivity index is 1.81. The Bertz CT molecular complexity index is 913. The Kier molecular flexibility index (Phi) is 7.11. The van der Waals surface area contributed by atoms with Crippen LogP contribution in [0.5, 0.6) is 0 Å². The number of halogens is 1. The minimum atomic E-state index is -3.74. The highest BCUT2D eigenvalue weighted by atomic mass is 79.9. The first-order chi connectivity index (χ1) is 12.7. The third-order valence-corrected chi connectivity index (χ3v) is 5.29. The standard InChI is InChI=1S/C18H20BrN3O4S/c1-12(13-4-8-16(9-5-13)27(20,25)26)22-17(23)10-11-21-18(24)14-2-6-15(19)7-3-14/h2-9,12H,10-11H2,1H3,(H,21,24)(H,22,23)(H2,20,25,26)/t12-/m0/s1. The van der Waals surface area contributed by atoms with Crippen molar-refractivity contribution >= 4 is 37.8 Å². The Morgan fingerprint density at radius 2 is 1.67 bits per heavy atom. The van der Waals surface area contributed by atoms with E-state index < -0.39 is 10.0 Å². The summed E-state index contributed by atoms with van der Waals surface area (Å²) >= 11 is 3.30. The van der Waals surface area contributed by atoms with E-state index >= 15 is 0 Å². The van der Waals surface area contributed by atoms with Crippen molar-refractivity contribution in [2.24, 2.45) is 5.14 Å². The van der Waals surface area contributed by atoms with Gasteiger partial charge in [0.05, 0.1) is 10.9 Å². The van der Waals surface area contributed by atoms with Crippen LogP contribution in [0.15, 0.2) is 57.9 Å². The largest absolute Gasteiger partial charge is 0.352 e. The average molecular weight is 454 g/mol. The van der Waals surface area contributed by atoms with Gasteiger partial charge in [-0.2, -0.15) is 0 Å². The number of amides is 2. The highest BCUT2D eigenvalue weighted by molar-refractivity contribution is 9.10. The van der Waals surface area contributed by atoms with Crippen LogP contribution in [-0.4, -0.2) is 26.8 Å². The number of nitrogens with one attached hydrogen (secondary N) is 2. The van der Waals surface area contributed by atoms with Crippen molar-refractivity contribution in [3.05, 3.63) is 64.1 Å². The van der Waals surface area contributed by atoms with E-state index in [1.165, 1.54) is 12.1 Å². The third kappa shape index (κ3) is 6.46. The van der Waals surface area contributed by atoms with Crippen molar-refractivity contribution in [2.75, 3.05) is 6.54 Å². The minimum Gasteiger partial charge on any atom is -0.352 e. The molecule has 0 aromatic heterocycles. The molecule has 0 fully saturated rings. The van der Waals surface area contributed by atoms with Crippen LogP contribution in [0.4, 0.5) is 0 Å². The van der Waals surface area contributed by atoms with E-state index in [4.69, 9.17) is 5.14 Å². The molecule has 2 rings (SSSR count).